The topological polar surface area (TPSA) is 117 Å². The lowest BCUT2D eigenvalue weighted by Gasteiger charge is -2.13. The molecule has 0 spiro atoms. The molecule has 1 heterocycles. The van der Waals surface area contributed by atoms with Crippen molar-refractivity contribution in [2.75, 3.05) is 20.0 Å². The molecule has 0 radical (unpaired) electrons. The summed E-state index contributed by atoms with van der Waals surface area (Å²) in [5.74, 6) is -1.55. The smallest absolute Gasteiger partial charge is 0.433 e. The van der Waals surface area contributed by atoms with Crippen LogP contribution in [0.3, 0.4) is 0 Å². The lowest BCUT2D eigenvalue weighted by Crippen LogP contribution is -2.20. The second kappa shape index (κ2) is 12.1. The molecule has 1 aromatic heterocycles. The van der Waals surface area contributed by atoms with E-state index in [-0.39, 0.29) is 29.1 Å². The van der Waals surface area contributed by atoms with E-state index >= 15 is 0 Å². The average molecular weight is 570 g/mol. The summed E-state index contributed by atoms with van der Waals surface area (Å²) < 4.78 is 89.6. The molecule has 3 aromatic rings. The monoisotopic (exact) mass is 569 g/mol. The highest BCUT2D eigenvalue weighted by Gasteiger charge is 2.35. The number of hydroxylamine groups is 1. The van der Waals surface area contributed by atoms with Crippen LogP contribution >= 0.6 is 0 Å². The van der Waals surface area contributed by atoms with Crippen LogP contribution in [0, 0.1) is 5.82 Å². The van der Waals surface area contributed by atoms with Gasteiger partial charge in [-0.2, -0.15) is 13.2 Å². The highest BCUT2D eigenvalue weighted by atomic mass is 32.2. The Kier molecular flexibility index (Phi) is 9.11. The first-order valence-corrected chi connectivity index (χ1v) is 12.8. The third kappa shape index (κ3) is 7.66. The number of nitrogens with zero attached hydrogens (tertiary/aromatic N) is 2. The number of aromatic nitrogens is 2. The summed E-state index contributed by atoms with van der Waals surface area (Å²) in [4.78, 5) is 23.9. The van der Waals surface area contributed by atoms with Gasteiger partial charge in [0.15, 0.2) is 11.5 Å². The number of methoxy groups -OCH3 is 2. The molecule has 0 amide bonds. The average Bonchev–Trinajstić information content (AvgIpc) is 2.90. The molecule has 208 valence electrons. The van der Waals surface area contributed by atoms with Crippen molar-refractivity contribution in [3.05, 3.63) is 72.2 Å². The van der Waals surface area contributed by atoms with Crippen LogP contribution in [0.25, 0.3) is 17.0 Å². The van der Waals surface area contributed by atoms with Crippen molar-refractivity contribution < 1.29 is 45.1 Å². The zero-order chi connectivity index (χ0) is 28.8. The normalized spacial score (nSPS) is 11.5. The summed E-state index contributed by atoms with van der Waals surface area (Å²) in [6.07, 6.45) is -5.65. The van der Waals surface area contributed by atoms with Gasteiger partial charge in [-0.3, -0.25) is 0 Å². The summed E-state index contributed by atoms with van der Waals surface area (Å²) in [7, 11) is -1.73. The Bertz CT molecular complexity index is 1460. The maximum Gasteiger partial charge on any atom is 0.433 e. The third-order valence-corrected chi connectivity index (χ3v) is 6.79. The van der Waals surface area contributed by atoms with E-state index in [2.05, 4.69) is 22.0 Å². The predicted octanol–water partition coefficient (Wildman–Crippen LogP) is 4.59. The van der Waals surface area contributed by atoms with Gasteiger partial charge in [0.1, 0.15) is 11.5 Å². The largest absolute Gasteiger partial charge is 0.493 e. The number of rotatable bonds is 11. The van der Waals surface area contributed by atoms with Crippen molar-refractivity contribution in [1.29, 1.82) is 0 Å². The summed E-state index contributed by atoms with van der Waals surface area (Å²) in [5, 5.41) is -1.04. The summed E-state index contributed by atoms with van der Waals surface area (Å²) >= 11 is 0. The number of sulfone groups is 1. The molecule has 0 saturated carbocycles. The van der Waals surface area contributed by atoms with Crippen molar-refractivity contribution in [2.45, 2.75) is 24.2 Å². The van der Waals surface area contributed by atoms with Crippen LogP contribution in [0.4, 0.5) is 17.6 Å². The van der Waals surface area contributed by atoms with Gasteiger partial charge in [-0.15, -0.1) is 0 Å². The Balaban J connectivity index is 1.73. The number of ether oxygens (including phenoxy) is 2. The van der Waals surface area contributed by atoms with Gasteiger partial charge in [-0.1, -0.05) is 6.58 Å². The highest BCUT2D eigenvalue weighted by molar-refractivity contribution is 7.91. The van der Waals surface area contributed by atoms with Gasteiger partial charge in [0.2, 0.25) is 15.0 Å². The number of nitrogens with one attached hydrogen (secondary N) is 1. The second-order valence-corrected chi connectivity index (χ2v) is 9.98. The number of alkyl halides is 3. The van der Waals surface area contributed by atoms with E-state index < -0.39 is 50.8 Å². The highest BCUT2D eigenvalue weighted by Crippen LogP contribution is 2.35. The van der Waals surface area contributed by atoms with Crippen LogP contribution in [0.1, 0.15) is 24.1 Å². The minimum atomic E-state index is -4.96. The predicted molar refractivity (Wildman–Crippen MR) is 132 cm³/mol. The van der Waals surface area contributed by atoms with E-state index in [0.29, 0.717) is 17.4 Å². The Morgan fingerprint density at radius 3 is 2.28 bits per heavy atom. The van der Waals surface area contributed by atoms with Gasteiger partial charge in [0.05, 0.1) is 31.4 Å². The molecule has 0 aliphatic rings. The summed E-state index contributed by atoms with van der Waals surface area (Å²) in [6, 6.07) is 9.96. The molecule has 0 aliphatic carbocycles. The zero-order valence-electron chi connectivity index (χ0n) is 20.7. The van der Waals surface area contributed by atoms with E-state index in [9.17, 15) is 30.8 Å². The van der Waals surface area contributed by atoms with Gasteiger partial charge < -0.3 is 14.3 Å². The first-order valence-electron chi connectivity index (χ1n) is 11.2. The number of hydrogen-bond donors (Lipinski definition) is 1. The molecule has 1 N–H and O–H groups in total. The van der Waals surface area contributed by atoms with Gasteiger partial charge in [0, 0.05) is 17.5 Å². The number of carbonyl (C=O) groups is 1. The number of hydrogen-bond acceptors (Lipinski definition) is 9. The van der Waals surface area contributed by atoms with Gasteiger partial charge in [-0.05, 0) is 55.0 Å². The van der Waals surface area contributed by atoms with E-state index in [0.717, 1.165) is 0 Å². The number of halogens is 4. The van der Waals surface area contributed by atoms with Crippen molar-refractivity contribution >= 4 is 21.5 Å². The Hall–Kier alpha value is -4.20. The lowest BCUT2D eigenvalue weighted by atomic mass is 10.1. The van der Waals surface area contributed by atoms with Gasteiger partial charge in [-0.25, -0.2) is 33.1 Å². The fraction of sp³-hybridized carbons (Fsp3) is 0.240. The molecule has 9 nitrogen and oxygen atoms in total. The molecule has 0 saturated heterocycles. The van der Waals surface area contributed by atoms with E-state index in [1.807, 2.05) is 0 Å². The molecule has 2 aromatic carbocycles. The minimum Gasteiger partial charge on any atom is -0.493 e. The second-order valence-electron chi connectivity index (χ2n) is 7.97. The maximum atomic E-state index is 13.5. The standard InChI is InChI=1S/C25H23F4N3O6S/c1-15(16-6-9-18(26)10-7-16)32-38-23(33)5-4-12-39(34,35)24-30-19(14-22(31-24)25(27,28)29)17-8-11-20(36-2)21(13-17)37-3/h6-11,13-14,32H,1,4-5,12H2,2-3H3. The summed E-state index contributed by atoms with van der Waals surface area (Å²) in [5.41, 5.74) is 1.24. The van der Waals surface area contributed by atoms with Crippen LogP contribution < -0.4 is 15.0 Å². The van der Waals surface area contributed by atoms with Crippen molar-refractivity contribution in [3.63, 3.8) is 0 Å². The SMILES string of the molecule is C=C(NOC(=O)CCCS(=O)(=O)c1nc(-c2ccc(OC)c(OC)c2)cc(C(F)(F)F)n1)c1ccc(F)cc1. The quantitative estimate of drug-likeness (QED) is 0.201. The minimum absolute atomic E-state index is 0.132. The fourth-order valence-corrected chi connectivity index (χ4v) is 4.41. The van der Waals surface area contributed by atoms with Crippen molar-refractivity contribution in [3.8, 4) is 22.8 Å². The zero-order valence-corrected chi connectivity index (χ0v) is 21.5. The van der Waals surface area contributed by atoms with Crippen molar-refractivity contribution in [2.24, 2.45) is 0 Å². The Morgan fingerprint density at radius 2 is 1.67 bits per heavy atom. The fourth-order valence-electron chi connectivity index (χ4n) is 3.23. The Morgan fingerprint density at radius 1 is 1.00 bits per heavy atom. The van der Waals surface area contributed by atoms with Crippen LogP contribution in [-0.4, -0.2) is 44.3 Å². The molecule has 3 rings (SSSR count). The van der Waals surface area contributed by atoms with Crippen molar-refractivity contribution in [1.82, 2.24) is 15.4 Å². The number of carbonyl (C=O) groups excluding carboxylic acids is 1. The molecule has 0 atom stereocenters. The first-order chi connectivity index (χ1) is 18.3. The molecular weight excluding hydrogens is 546 g/mol. The third-order valence-electron chi connectivity index (χ3n) is 5.23. The number of benzene rings is 2. The molecule has 0 fully saturated rings. The molecule has 14 heteroatoms. The molecule has 0 aliphatic heterocycles. The van der Waals surface area contributed by atoms with E-state index in [1.165, 1.54) is 56.7 Å². The summed E-state index contributed by atoms with van der Waals surface area (Å²) in [6.45, 7) is 3.64. The van der Waals surface area contributed by atoms with Crippen LogP contribution in [0.2, 0.25) is 0 Å². The van der Waals surface area contributed by atoms with Crippen LogP contribution in [0.5, 0.6) is 11.5 Å². The molecular formula is C25H23F4N3O6S. The molecule has 0 bridgehead atoms. The maximum absolute atomic E-state index is 13.5. The van der Waals surface area contributed by atoms with Gasteiger partial charge >= 0.3 is 12.1 Å². The Labute approximate surface area is 221 Å². The molecule has 39 heavy (non-hydrogen) atoms. The van der Waals surface area contributed by atoms with Crippen LogP contribution in [-0.2, 0) is 25.6 Å². The first kappa shape index (κ1) is 29.4. The van der Waals surface area contributed by atoms with E-state index in [1.54, 1.807) is 0 Å². The molecule has 0 unspecified atom stereocenters. The van der Waals surface area contributed by atoms with Crippen LogP contribution in [0.15, 0.2) is 60.3 Å². The lowest BCUT2D eigenvalue weighted by molar-refractivity contribution is -0.148. The van der Waals surface area contributed by atoms with Gasteiger partial charge in [0.25, 0.3) is 0 Å². The van der Waals surface area contributed by atoms with E-state index in [4.69, 9.17) is 14.3 Å².